The van der Waals surface area contributed by atoms with Gasteiger partial charge in [-0.1, -0.05) is 18.2 Å². The molecule has 1 saturated heterocycles. The Morgan fingerprint density at radius 2 is 2.00 bits per heavy atom. The Labute approximate surface area is 181 Å². The number of hydrogen-bond acceptors (Lipinski definition) is 4. The van der Waals surface area contributed by atoms with Crippen molar-refractivity contribution in [2.45, 2.75) is 58.2 Å². The highest BCUT2D eigenvalue weighted by Crippen LogP contribution is 2.44. The molecule has 31 heavy (non-hydrogen) atoms. The van der Waals surface area contributed by atoms with Crippen LogP contribution in [0.2, 0.25) is 0 Å². The summed E-state index contributed by atoms with van der Waals surface area (Å²) in [6, 6.07) is 6.61. The van der Waals surface area contributed by atoms with E-state index in [4.69, 9.17) is 4.74 Å². The fourth-order valence-corrected chi connectivity index (χ4v) is 4.63. The lowest BCUT2D eigenvalue weighted by atomic mass is 9.87. The zero-order valence-corrected chi connectivity index (χ0v) is 18.5. The fourth-order valence-electron chi connectivity index (χ4n) is 4.63. The van der Waals surface area contributed by atoms with Gasteiger partial charge < -0.3 is 19.9 Å². The second-order valence-corrected chi connectivity index (χ2v) is 8.70. The number of carbonyl (C=O) groups is 3. The van der Waals surface area contributed by atoms with E-state index < -0.39 is 17.6 Å². The number of nitrogens with zero attached hydrogens (tertiary/aromatic N) is 2. The number of aromatic nitrogens is 1. The summed E-state index contributed by atoms with van der Waals surface area (Å²) in [5, 5.41) is 3.89. The van der Waals surface area contributed by atoms with Crippen LogP contribution in [-0.4, -0.2) is 64.5 Å². The summed E-state index contributed by atoms with van der Waals surface area (Å²) in [7, 11) is 0. The van der Waals surface area contributed by atoms with Crippen molar-refractivity contribution in [3.05, 3.63) is 35.5 Å². The largest absolute Gasteiger partial charge is 0.379 e. The lowest BCUT2D eigenvalue weighted by molar-refractivity contribution is -0.139. The van der Waals surface area contributed by atoms with E-state index in [-0.39, 0.29) is 17.9 Å². The van der Waals surface area contributed by atoms with Gasteiger partial charge in [0.25, 0.3) is 5.91 Å². The van der Waals surface area contributed by atoms with E-state index in [1.807, 2.05) is 38.1 Å². The Bertz CT molecular complexity index is 1030. The molecule has 0 spiro atoms. The lowest BCUT2D eigenvalue weighted by Gasteiger charge is -2.36. The van der Waals surface area contributed by atoms with E-state index in [1.54, 1.807) is 18.7 Å². The number of benzene rings is 1. The molecule has 2 aliphatic heterocycles. The van der Waals surface area contributed by atoms with Crippen molar-refractivity contribution < 1.29 is 19.1 Å². The SMILES string of the molecule is CC(C)OCCCNC(=O)[C@H](C)N1C(=O)N2CCc3c([nH]c4ccccc34)[C@@]2(C)C1=O. The van der Waals surface area contributed by atoms with Crippen molar-refractivity contribution in [3.63, 3.8) is 0 Å². The number of amides is 4. The predicted molar refractivity (Wildman–Crippen MR) is 116 cm³/mol. The van der Waals surface area contributed by atoms with Crippen LogP contribution in [0.4, 0.5) is 4.79 Å². The van der Waals surface area contributed by atoms with E-state index in [0.29, 0.717) is 32.5 Å². The zero-order valence-electron chi connectivity index (χ0n) is 18.5. The Hall–Kier alpha value is -2.87. The second kappa shape index (κ2) is 8.00. The number of aromatic amines is 1. The van der Waals surface area contributed by atoms with Gasteiger partial charge in [0.1, 0.15) is 6.04 Å². The molecule has 0 aliphatic carbocycles. The molecule has 1 aromatic heterocycles. The summed E-state index contributed by atoms with van der Waals surface area (Å²) in [6.07, 6.45) is 1.47. The minimum Gasteiger partial charge on any atom is -0.379 e. The van der Waals surface area contributed by atoms with Gasteiger partial charge in [0.2, 0.25) is 5.91 Å². The molecule has 4 rings (SSSR count). The van der Waals surface area contributed by atoms with Gasteiger partial charge in [-0.3, -0.25) is 9.59 Å². The fraction of sp³-hybridized carbons (Fsp3) is 0.522. The van der Waals surface area contributed by atoms with Gasteiger partial charge in [0, 0.05) is 30.6 Å². The Morgan fingerprint density at radius 1 is 1.26 bits per heavy atom. The van der Waals surface area contributed by atoms with Gasteiger partial charge in [-0.05, 0) is 52.2 Å². The molecule has 2 N–H and O–H groups in total. The first kappa shape index (κ1) is 21.4. The number of para-hydroxylation sites is 1. The average molecular weight is 427 g/mol. The molecule has 0 saturated carbocycles. The van der Waals surface area contributed by atoms with Crippen LogP contribution in [0.1, 0.15) is 45.4 Å². The molecule has 4 amide bonds. The Balaban J connectivity index is 1.53. The summed E-state index contributed by atoms with van der Waals surface area (Å²) in [4.78, 5) is 45.5. The molecular formula is C23H30N4O4. The highest BCUT2D eigenvalue weighted by atomic mass is 16.5. The highest BCUT2D eigenvalue weighted by Gasteiger charge is 2.60. The molecule has 166 valence electrons. The lowest BCUT2D eigenvalue weighted by Crippen LogP contribution is -2.50. The maximum Gasteiger partial charge on any atom is 0.328 e. The number of H-pyrrole nitrogens is 1. The van der Waals surface area contributed by atoms with Gasteiger partial charge in [-0.25, -0.2) is 9.69 Å². The van der Waals surface area contributed by atoms with Crippen LogP contribution < -0.4 is 5.32 Å². The number of urea groups is 1. The Morgan fingerprint density at radius 3 is 2.74 bits per heavy atom. The van der Waals surface area contributed by atoms with Crippen LogP contribution in [0.25, 0.3) is 10.9 Å². The first-order chi connectivity index (χ1) is 14.8. The summed E-state index contributed by atoms with van der Waals surface area (Å²) in [5.74, 6) is -0.706. The number of nitrogens with one attached hydrogen (secondary N) is 2. The van der Waals surface area contributed by atoms with E-state index in [2.05, 4.69) is 10.3 Å². The number of rotatable bonds is 7. The number of fused-ring (bicyclic) bond motifs is 5. The van der Waals surface area contributed by atoms with Crippen LogP contribution in [0, 0.1) is 0 Å². The van der Waals surface area contributed by atoms with E-state index in [0.717, 1.165) is 27.1 Å². The van der Waals surface area contributed by atoms with Crippen LogP contribution in [0.15, 0.2) is 24.3 Å². The molecule has 2 aliphatic rings. The molecule has 2 aromatic rings. The smallest absolute Gasteiger partial charge is 0.328 e. The summed E-state index contributed by atoms with van der Waals surface area (Å²) >= 11 is 0. The van der Waals surface area contributed by atoms with Gasteiger partial charge in [0.05, 0.1) is 11.8 Å². The summed E-state index contributed by atoms with van der Waals surface area (Å²) in [5.41, 5.74) is 1.63. The van der Waals surface area contributed by atoms with E-state index in [1.165, 1.54) is 0 Å². The van der Waals surface area contributed by atoms with Gasteiger partial charge in [0.15, 0.2) is 5.54 Å². The van der Waals surface area contributed by atoms with Crippen LogP contribution in [0.3, 0.4) is 0 Å². The number of imide groups is 1. The minimum atomic E-state index is -1.14. The van der Waals surface area contributed by atoms with Crippen molar-refractivity contribution in [1.29, 1.82) is 0 Å². The van der Waals surface area contributed by atoms with Gasteiger partial charge >= 0.3 is 6.03 Å². The van der Waals surface area contributed by atoms with Crippen LogP contribution in [-0.2, 0) is 26.3 Å². The quantitative estimate of drug-likeness (QED) is 0.525. The van der Waals surface area contributed by atoms with Crippen LogP contribution >= 0.6 is 0 Å². The van der Waals surface area contributed by atoms with Crippen molar-refractivity contribution in [3.8, 4) is 0 Å². The molecule has 0 radical (unpaired) electrons. The van der Waals surface area contributed by atoms with Crippen molar-refractivity contribution >= 4 is 28.7 Å². The number of ether oxygens (including phenoxy) is 1. The van der Waals surface area contributed by atoms with Crippen LogP contribution in [0.5, 0.6) is 0 Å². The molecule has 0 bridgehead atoms. The van der Waals surface area contributed by atoms with Crippen molar-refractivity contribution in [1.82, 2.24) is 20.1 Å². The number of hydrogen-bond donors (Lipinski definition) is 2. The molecule has 8 heteroatoms. The van der Waals surface area contributed by atoms with Crippen molar-refractivity contribution in [2.75, 3.05) is 19.7 Å². The topological polar surface area (TPSA) is 94.7 Å². The van der Waals surface area contributed by atoms with Gasteiger partial charge in [-0.15, -0.1) is 0 Å². The van der Waals surface area contributed by atoms with Crippen molar-refractivity contribution in [2.24, 2.45) is 0 Å². The third-order valence-corrected chi connectivity index (χ3v) is 6.34. The molecular weight excluding hydrogens is 396 g/mol. The number of carbonyl (C=O) groups excluding carboxylic acids is 3. The van der Waals surface area contributed by atoms with Gasteiger partial charge in [-0.2, -0.15) is 0 Å². The third-order valence-electron chi connectivity index (χ3n) is 6.34. The standard InChI is InChI=1S/C23H30N4O4/c1-14(2)31-13-7-11-24-20(28)15(3)27-21(29)23(4)19-17(10-12-26(23)22(27)30)16-8-5-6-9-18(16)25-19/h5-6,8-9,14-15,25H,7,10-13H2,1-4H3,(H,24,28)/t15-,23-/m0/s1. The summed E-state index contributed by atoms with van der Waals surface area (Å²) < 4.78 is 5.47. The average Bonchev–Trinajstić information content (AvgIpc) is 3.21. The molecule has 2 atom stereocenters. The second-order valence-electron chi connectivity index (χ2n) is 8.70. The summed E-state index contributed by atoms with van der Waals surface area (Å²) in [6.45, 7) is 8.70. The molecule has 1 fully saturated rings. The predicted octanol–water partition coefficient (Wildman–Crippen LogP) is 2.52. The minimum absolute atomic E-state index is 0.141. The molecule has 8 nitrogen and oxygen atoms in total. The van der Waals surface area contributed by atoms with E-state index >= 15 is 0 Å². The molecule has 3 heterocycles. The van der Waals surface area contributed by atoms with E-state index in [9.17, 15) is 14.4 Å². The molecule has 1 aromatic carbocycles. The normalized spacial score (nSPS) is 21.6. The Kier molecular flexibility index (Phi) is 5.51. The maximum atomic E-state index is 13.6. The monoisotopic (exact) mass is 426 g/mol. The molecule has 0 unspecified atom stereocenters. The third kappa shape index (κ3) is 3.39. The maximum absolute atomic E-state index is 13.6. The first-order valence-corrected chi connectivity index (χ1v) is 10.9. The first-order valence-electron chi connectivity index (χ1n) is 10.9. The zero-order chi connectivity index (χ0) is 22.3. The highest BCUT2D eigenvalue weighted by molar-refractivity contribution is 6.10.